The van der Waals surface area contributed by atoms with Crippen molar-refractivity contribution in [3.8, 4) is 26.8 Å². The van der Waals surface area contributed by atoms with Crippen molar-refractivity contribution in [2.75, 3.05) is 19.0 Å². The van der Waals surface area contributed by atoms with Gasteiger partial charge < -0.3 is 14.2 Å². The maximum absolute atomic E-state index is 12.5. The Balaban J connectivity index is 1.72. The number of ether oxygens (including phenoxy) is 3. The summed E-state index contributed by atoms with van der Waals surface area (Å²) in [6, 6.07) is 13.8. The van der Waals surface area contributed by atoms with Crippen LogP contribution in [0, 0.1) is 0 Å². The largest absolute Gasteiger partial charge is 0.494 e. The topological polar surface area (TPSA) is 86.8 Å². The lowest BCUT2D eigenvalue weighted by Crippen LogP contribution is -2.27. The summed E-state index contributed by atoms with van der Waals surface area (Å²) in [6.07, 6.45) is 8.01. The van der Waals surface area contributed by atoms with Crippen LogP contribution in [0.1, 0.15) is 71.8 Å². The monoisotopic (exact) mass is 552 g/mol. The Hall–Kier alpha value is -3.39. The highest BCUT2D eigenvalue weighted by atomic mass is 32.1. The molecule has 0 spiro atoms. The van der Waals surface area contributed by atoms with Crippen molar-refractivity contribution in [3.63, 3.8) is 0 Å². The van der Waals surface area contributed by atoms with Crippen molar-refractivity contribution < 1.29 is 23.8 Å². The van der Waals surface area contributed by atoms with Crippen LogP contribution < -0.4 is 10.1 Å². The fourth-order valence-electron chi connectivity index (χ4n) is 3.95. The summed E-state index contributed by atoms with van der Waals surface area (Å²) in [7, 11) is 1.36. The summed E-state index contributed by atoms with van der Waals surface area (Å²) in [6.45, 7) is 8.39. The van der Waals surface area contributed by atoms with Gasteiger partial charge in [0.15, 0.2) is 0 Å². The minimum Gasteiger partial charge on any atom is -0.494 e. The van der Waals surface area contributed by atoms with Gasteiger partial charge in [0.05, 0.1) is 18.6 Å². The first-order chi connectivity index (χ1) is 18.7. The summed E-state index contributed by atoms with van der Waals surface area (Å²) >= 11 is 1.57. The molecule has 1 aromatic heterocycles. The Kier molecular flexibility index (Phi) is 11.3. The minimum absolute atomic E-state index is 0.207. The molecule has 3 rings (SSSR count). The number of aromatic nitrogens is 1. The first-order valence-electron chi connectivity index (χ1n) is 13.6. The van der Waals surface area contributed by atoms with Crippen molar-refractivity contribution >= 4 is 29.1 Å². The summed E-state index contributed by atoms with van der Waals surface area (Å²) < 4.78 is 16.1. The number of rotatable bonds is 13. The van der Waals surface area contributed by atoms with Gasteiger partial charge in [0.2, 0.25) is 0 Å². The third-order valence-corrected chi connectivity index (χ3v) is 7.08. The second-order valence-electron chi connectivity index (χ2n) is 10.4. The molecular formula is C31H40N2O5S. The normalized spacial score (nSPS) is 11.2. The van der Waals surface area contributed by atoms with Crippen LogP contribution in [0.2, 0.25) is 0 Å². The molecule has 1 amide bonds. The Morgan fingerprint density at radius 3 is 2.38 bits per heavy atom. The summed E-state index contributed by atoms with van der Waals surface area (Å²) in [5, 5.41) is 3.67. The SMILES string of the molecule is CCCCCCCOc1ccc(-c2cnc(-c3ccc(CCC(=O)OC)c(NC(=O)OC(C)(C)C)c3)s2)cc1. The molecule has 2 aromatic carbocycles. The minimum atomic E-state index is -0.632. The first kappa shape index (κ1) is 30.2. The van der Waals surface area contributed by atoms with Crippen LogP contribution in [0.4, 0.5) is 10.5 Å². The second-order valence-corrected chi connectivity index (χ2v) is 11.4. The molecule has 210 valence electrons. The second kappa shape index (κ2) is 14.7. The van der Waals surface area contributed by atoms with Crippen LogP contribution in [0.25, 0.3) is 21.0 Å². The molecule has 8 heteroatoms. The zero-order chi connectivity index (χ0) is 28.3. The maximum atomic E-state index is 12.5. The number of esters is 1. The fraction of sp³-hybridized carbons (Fsp3) is 0.452. The van der Waals surface area contributed by atoms with Crippen LogP contribution in [0.15, 0.2) is 48.7 Å². The number of nitrogens with zero attached hydrogens (tertiary/aromatic N) is 1. The van der Waals surface area contributed by atoms with Gasteiger partial charge >= 0.3 is 12.1 Å². The third kappa shape index (κ3) is 10.0. The molecule has 0 unspecified atom stereocenters. The molecule has 0 bridgehead atoms. The number of aryl methyl sites for hydroxylation is 1. The van der Waals surface area contributed by atoms with E-state index >= 15 is 0 Å². The molecule has 0 aliphatic heterocycles. The zero-order valence-corrected chi connectivity index (χ0v) is 24.5. The van der Waals surface area contributed by atoms with E-state index in [1.807, 2.05) is 57.3 Å². The lowest BCUT2D eigenvalue weighted by Gasteiger charge is -2.20. The van der Waals surface area contributed by atoms with Crippen molar-refractivity contribution in [2.45, 2.75) is 78.2 Å². The van der Waals surface area contributed by atoms with E-state index in [0.29, 0.717) is 12.1 Å². The molecule has 39 heavy (non-hydrogen) atoms. The summed E-state index contributed by atoms with van der Waals surface area (Å²) in [5.74, 6) is 0.564. The number of benzene rings is 2. The standard InChI is InChI=1S/C31H40N2O5S/c1-6-7-8-9-10-19-37-25-16-13-23(14-17-25)27-21-32-29(39-27)24-12-11-22(15-18-28(34)36-5)26(20-24)33-30(35)38-31(2,3)4/h11-14,16-17,20-21H,6-10,15,18-19H2,1-5H3,(H,33,35). The van der Waals surface area contributed by atoms with E-state index in [0.717, 1.165) is 45.4 Å². The Morgan fingerprint density at radius 2 is 1.69 bits per heavy atom. The Labute approximate surface area is 235 Å². The molecule has 0 saturated heterocycles. The van der Waals surface area contributed by atoms with E-state index < -0.39 is 11.7 Å². The lowest BCUT2D eigenvalue weighted by molar-refractivity contribution is -0.140. The number of unbranched alkanes of at least 4 members (excludes halogenated alkanes) is 4. The van der Waals surface area contributed by atoms with Crippen LogP contribution in [0.5, 0.6) is 5.75 Å². The first-order valence-corrected chi connectivity index (χ1v) is 14.4. The van der Waals surface area contributed by atoms with Gasteiger partial charge in [-0.15, -0.1) is 11.3 Å². The van der Waals surface area contributed by atoms with Crippen molar-refractivity contribution in [2.24, 2.45) is 0 Å². The number of nitrogens with one attached hydrogen (secondary N) is 1. The zero-order valence-electron chi connectivity index (χ0n) is 23.7. The molecule has 1 N–H and O–H groups in total. The van der Waals surface area contributed by atoms with E-state index in [1.54, 1.807) is 11.3 Å². The van der Waals surface area contributed by atoms with E-state index in [2.05, 4.69) is 29.4 Å². The maximum Gasteiger partial charge on any atom is 0.412 e. The van der Waals surface area contributed by atoms with Gasteiger partial charge in [-0.05, 0) is 75.1 Å². The highest BCUT2D eigenvalue weighted by Crippen LogP contribution is 2.35. The number of carbonyl (C=O) groups excluding carboxylic acids is 2. The molecular weight excluding hydrogens is 512 g/mol. The van der Waals surface area contributed by atoms with Crippen LogP contribution >= 0.6 is 11.3 Å². The molecule has 7 nitrogen and oxygen atoms in total. The number of hydrogen-bond donors (Lipinski definition) is 1. The Bertz CT molecular complexity index is 1210. The van der Waals surface area contributed by atoms with Crippen molar-refractivity contribution in [1.29, 1.82) is 0 Å². The number of carbonyl (C=O) groups is 2. The predicted octanol–water partition coefficient (Wildman–Crippen LogP) is 8.28. The smallest absolute Gasteiger partial charge is 0.412 e. The Morgan fingerprint density at radius 1 is 0.974 bits per heavy atom. The molecule has 0 fully saturated rings. The number of hydrogen-bond acceptors (Lipinski definition) is 7. The van der Waals surface area contributed by atoms with Crippen molar-refractivity contribution in [1.82, 2.24) is 4.98 Å². The lowest BCUT2D eigenvalue weighted by atomic mass is 10.0. The van der Waals surface area contributed by atoms with E-state index in [1.165, 1.54) is 32.8 Å². The fourth-order valence-corrected chi connectivity index (χ4v) is 4.87. The molecule has 0 atom stereocenters. The molecule has 0 aliphatic rings. The summed E-state index contributed by atoms with van der Waals surface area (Å²) in [5.41, 5.74) is 2.69. The highest BCUT2D eigenvalue weighted by molar-refractivity contribution is 7.18. The van der Waals surface area contributed by atoms with Gasteiger partial charge in [-0.25, -0.2) is 9.78 Å². The van der Waals surface area contributed by atoms with Crippen LogP contribution in [-0.4, -0.2) is 36.4 Å². The van der Waals surface area contributed by atoms with E-state index in [4.69, 9.17) is 14.2 Å². The van der Waals surface area contributed by atoms with Gasteiger partial charge in [0.1, 0.15) is 16.4 Å². The summed E-state index contributed by atoms with van der Waals surface area (Å²) in [4.78, 5) is 29.9. The van der Waals surface area contributed by atoms with E-state index in [-0.39, 0.29) is 12.4 Å². The third-order valence-electron chi connectivity index (χ3n) is 5.98. The van der Waals surface area contributed by atoms with Crippen LogP contribution in [0.3, 0.4) is 0 Å². The molecule has 1 heterocycles. The number of methoxy groups -OCH3 is 1. The molecule has 0 radical (unpaired) electrons. The van der Waals surface area contributed by atoms with Gasteiger partial charge in [0.25, 0.3) is 0 Å². The van der Waals surface area contributed by atoms with Gasteiger partial charge in [-0.2, -0.15) is 0 Å². The van der Waals surface area contributed by atoms with Crippen molar-refractivity contribution in [3.05, 3.63) is 54.2 Å². The van der Waals surface area contributed by atoms with Gasteiger partial charge in [-0.1, -0.05) is 44.7 Å². The predicted molar refractivity (Wildman–Crippen MR) is 157 cm³/mol. The number of thiazole rings is 1. The average Bonchev–Trinajstić information content (AvgIpc) is 3.39. The molecule has 0 aliphatic carbocycles. The average molecular weight is 553 g/mol. The quantitative estimate of drug-likeness (QED) is 0.170. The van der Waals surface area contributed by atoms with E-state index in [9.17, 15) is 9.59 Å². The highest BCUT2D eigenvalue weighted by Gasteiger charge is 2.18. The van der Waals surface area contributed by atoms with Gasteiger partial charge in [-0.3, -0.25) is 10.1 Å². The molecule has 0 saturated carbocycles. The number of anilines is 1. The number of amides is 1. The molecule has 3 aromatic rings. The van der Waals surface area contributed by atoms with Gasteiger partial charge in [0, 0.05) is 23.9 Å². The van der Waals surface area contributed by atoms with Crippen LogP contribution in [-0.2, 0) is 20.7 Å².